The van der Waals surface area contributed by atoms with E-state index < -0.39 is 11.9 Å². The summed E-state index contributed by atoms with van der Waals surface area (Å²) in [6.45, 7) is 1.54. The first-order valence-electron chi connectivity index (χ1n) is 5.40. The van der Waals surface area contributed by atoms with Gasteiger partial charge in [-0.25, -0.2) is 9.67 Å². The van der Waals surface area contributed by atoms with Crippen LogP contribution in [0.1, 0.15) is 16.1 Å². The van der Waals surface area contributed by atoms with E-state index in [9.17, 15) is 9.59 Å². The molecule has 8 heteroatoms. The molecule has 2 aromatic heterocycles. The number of pyridine rings is 1. The van der Waals surface area contributed by atoms with E-state index in [0.29, 0.717) is 5.82 Å². The Morgan fingerprint density at radius 2 is 2.21 bits per heavy atom. The molecule has 0 aromatic carbocycles. The number of aryl methyl sites for hydroxylation is 1. The molecule has 2 aromatic rings. The van der Waals surface area contributed by atoms with Gasteiger partial charge in [0.2, 0.25) is 0 Å². The summed E-state index contributed by atoms with van der Waals surface area (Å²) >= 11 is 0. The number of amides is 1. The number of aromatic nitrogens is 4. The molecule has 0 aliphatic rings. The number of rotatable bonds is 4. The molecule has 0 aliphatic carbocycles. The first-order chi connectivity index (χ1) is 9.04. The second-order valence-electron chi connectivity index (χ2n) is 3.87. The molecule has 0 fully saturated rings. The quantitative estimate of drug-likeness (QED) is 0.820. The van der Waals surface area contributed by atoms with Crippen molar-refractivity contribution < 1.29 is 14.7 Å². The van der Waals surface area contributed by atoms with Crippen LogP contribution in [0.15, 0.2) is 24.5 Å². The molecule has 0 radical (unpaired) electrons. The van der Waals surface area contributed by atoms with E-state index in [0.717, 1.165) is 10.2 Å². The summed E-state index contributed by atoms with van der Waals surface area (Å²) < 4.78 is 1.07. The number of aliphatic carboxylic acids is 1. The number of carbonyl (C=O) groups is 2. The van der Waals surface area contributed by atoms with Gasteiger partial charge < -0.3 is 10.4 Å². The molecule has 0 unspecified atom stereocenters. The third-order valence-electron chi connectivity index (χ3n) is 2.22. The molecule has 1 amide bonds. The number of nitrogens with one attached hydrogen (secondary N) is 1. The van der Waals surface area contributed by atoms with E-state index >= 15 is 0 Å². The maximum atomic E-state index is 11.8. The second kappa shape index (κ2) is 5.25. The topological polar surface area (TPSA) is 110 Å². The number of nitrogens with zero attached hydrogens (tertiary/aromatic N) is 4. The van der Waals surface area contributed by atoms with Crippen molar-refractivity contribution in [2.24, 2.45) is 0 Å². The Kier molecular flexibility index (Phi) is 3.51. The van der Waals surface area contributed by atoms with Gasteiger partial charge in [-0.3, -0.25) is 9.59 Å². The summed E-state index contributed by atoms with van der Waals surface area (Å²) in [4.78, 5) is 26.3. The van der Waals surface area contributed by atoms with E-state index in [1.807, 2.05) is 13.0 Å². The predicted octanol–water partition coefficient (Wildman–Crippen LogP) is 0.318. The lowest BCUT2D eigenvalue weighted by Crippen LogP contribution is -2.13. The van der Waals surface area contributed by atoms with Gasteiger partial charge in [0.25, 0.3) is 5.91 Å². The fourth-order valence-corrected chi connectivity index (χ4v) is 1.34. The smallest absolute Gasteiger partial charge is 0.325 e. The summed E-state index contributed by atoms with van der Waals surface area (Å²) in [5.41, 5.74) is 1.01. The zero-order chi connectivity index (χ0) is 13.8. The maximum Gasteiger partial charge on any atom is 0.325 e. The predicted molar refractivity (Wildman–Crippen MR) is 64.6 cm³/mol. The van der Waals surface area contributed by atoms with Crippen LogP contribution in [-0.2, 0) is 11.3 Å². The lowest BCUT2D eigenvalue weighted by Gasteiger charge is -2.01. The zero-order valence-electron chi connectivity index (χ0n) is 10.1. The molecule has 0 saturated carbocycles. The first-order valence-corrected chi connectivity index (χ1v) is 5.40. The van der Waals surface area contributed by atoms with Gasteiger partial charge in [0.05, 0.1) is 6.20 Å². The Bertz CT molecular complexity index is 605. The van der Waals surface area contributed by atoms with E-state index in [-0.39, 0.29) is 12.2 Å². The number of carboxylic acids is 1. The summed E-state index contributed by atoms with van der Waals surface area (Å²) in [5.74, 6) is -1.16. The summed E-state index contributed by atoms with van der Waals surface area (Å²) in [6, 6.07) is 3.47. The summed E-state index contributed by atoms with van der Waals surface area (Å²) in [7, 11) is 0. The van der Waals surface area contributed by atoms with Gasteiger partial charge in [-0.15, -0.1) is 5.10 Å². The lowest BCUT2D eigenvalue weighted by molar-refractivity contribution is -0.137. The van der Waals surface area contributed by atoms with Gasteiger partial charge in [0, 0.05) is 6.20 Å². The highest BCUT2D eigenvalue weighted by molar-refractivity contribution is 6.02. The highest BCUT2D eigenvalue weighted by Crippen LogP contribution is 2.05. The van der Waals surface area contributed by atoms with Crippen molar-refractivity contribution >= 4 is 17.7 Å². The van der Waals surface area contributed by atoms with Crippen molar-refractivity contribution in [2.45, 2.75) is 13.5 Å². The second-order valence-corrected chi connectivity index (χ2v) is 3.87. The third-order valence-corrected chi connectivity index (χ3v) is 2.22. The van der Waals surface area contributed by atoms with Crippen LogP contribution < -0.4 is 5.32 Å². The number of carboxylic acid groups (broad SMARTS) is 1. The minimum Gasteiger partial charge on any atom is -0.480 e. The minimum absolute atomic E-state index is 0.0311. The SMILES string of the molecule is Cc1ccc(NC(=O)c2cn(CC(=O)O)nn2)nc1. The number of anilines is 1. The van der Waals surface area contributed by atoms with Crippen molar-refractivity contribution in [3.63, 3.8) is 0 Å². The maximum absolute atomic E-state index is 11.8. The van der Waals surface area contributed by atoms with Crippen LogP contribution in [0.25, 0.3) is 0 Å². The highest BCUT2D eigenvalue weighted by atomic mass is 16.4. The molecule has 8 nitrogen and oxygen atoms in total. The van der Waals surface area contributed by atoms with Crippen LogP contribution >= 0.6 is 0 Å². The van der Waals surface area contributed by atoms with Crippen molar-refractivity contribution in [1.82, 2.24) is 20.0 Å². The third kappa shape index (κ3) is 3.35. The van der Waals surface area contributed by atoms with E-state index in [4.69, 9.17) is 5.11 Å². The van der Waals surface area contributed by atoms with Crippen molar-refractivity contribution in [3.05, 3.63) is 35.8 Å². The monoisotopic (exact) mass is 261 g/mol. The largest absolute Gasteiger partial charge is 0.480 e. The number of hydrogen-bond donors (Lipinski definition) is 2. The molecular weight excluding hydrogens is 250 g/mol. The molecule has 2 N–H and O–H groups in total. The Labute approximate surface area is 108 Å². The molecule has 2 heterocycles. The van der Waals surface area contributed by atoms with Crippen LogP contribution in [0.3, 0.4) is 0 Å². The van der Waals surface area contributed by atoms with Crippen LogP contribution in [0, 0.1) is 6.92 Å². The van der Waals surface area contributed by atoms with E-state index in [1.165, 1.54) is 6.20 Å². The molecule has 0 bridgehead atoms. The molecule has 0 spiro atoms. The lowest BCUT2D eigenvalue weighted by atomic mass is 10.3. The Morgan fingerprint density at radius 3 is 2.84 bits per heavy atom. The van der Waals surface area contributed by atoms with Crippen LogP contribution in [-0.4, -0.2) is 37.0 Å². The van der Waals surface area contributed by atoms with Crippen molar-refractivity contribution in [2.75, 3.05) is 5.32 Å². The van der Waals surface area contributed by atoms with Crippen LogP contribution in [0.2, 0.25) is 0 Å². The van der Waals surface area contributed by atoms with Gasteiger partial charge in [0.15, 0.2) is 5.69 Å². The molecule has 2 rings (SSSR count). The fraction of sp³-hybridized carbons (Fsp3) is 0.182. The number of hydrogen-bond acceptors (Lipinski definition) is 5. The molecular formula is C11H11N5O3. The van der Waals surface area contributed by atoms with Crippen LogP contribution in [0.5, 0.6) is 0 Å². The van der Waals surface area contributed by atoms with Crippen molar-refractivity contribution in [3.8, 4) is 0 Å². The first kappa shape index (κ1) is 12.7. The zero-order valence-corrected chi connectivity index (χ0v) is 10.1. The van der Waals surface area contributed by atoms with Crippen molar-refractivity contribution in [1.29, 1.82) is 0 Å². The molecule has 0 aliphatic heterocycles. The summed E-state index contributed by atoms with van der Waals surface area (Å²) in [6.07, 6.45) is 2.88. The standard InChI is InChI=1S/C11H11N5O3/c1-7-2-3-9(12-4-7)13-11(19)8-5-16(15-14-8)6-10(17)18/h2-5H,6H2,1H3,(H,17,18)(H,12,13,19). The fourth-order valence-electron chi connectivity index (χ4n) is 1.34. The highest BCUT2D eigenvalue weighted by Gasteiger charge is 2.12. The van der Waals surface area contributed by atoms with Gasteiger partial charge in [0.1, 0.15) is 12.4 Å². The van der Waals surface area contributed by atoms with Crippen LogP contribution in [0.4, 0.5) is 5.82 Å². The Balaban J connectivity index is 2.05. The normalized spacial score (nSPS) is 10.2. The Hall–Kier alpha value is -2.77. The minimum atomic E-state index is -1.06. The average Bonchev–Trinajstić information content (AvgIpc) is 2.80. The summed E-state index contributed by atoms with van der Waals surface area (Å²) in [5, 5.41) is 18.2. The van der Waals surface area contributed by atoms with Gasteiger partial charge in [-0.05, 0) is 18.6 Å². The molecule has 0 saturated heterocycles. The molecule has 0 atom stereocenters. The molecule has 19 heavy (non-hydrogen) atoms. The number of carbonyl (C=O) groups excluding carboxylic acids is 1. The van der Waals surface area contributed by atoms with Gasteiger partial charge >= 0.3 is 5.97 Å². The Morgan fingerprint density at radius 1 is 1.42 bits per heavy atom. The van der Waals surface area contributed by atoms with Gasteiger partial charge in [-0.2, -0.15) is 0 Å². The van der Waals surface area contributed by atoms with Gasteiger partial charge in [-0.1, -0.05) is 11.3 Å². The van der Waals surface area contributed by atoms with E-state index in [1.54, 1.807) is 12.3 Å². The molecule has 98 valence electrons. The average molecular weight is 261 g/mol. The van der Waals surface area contributed by atoms with E-state index in [2.05, 4.69) is 20.6 Å².